The van der Waals surface area contributed by atoms with Crippen molar-refractivity contribution in [2.45, 2.75) is 64.3 Å². The molecule has 0 bridgehead atoms. The van der Waals surface area contributed by atoms with Crippen molar-refractivity contribution >= 4 is 5.96 Å². The number of rotatable bonds is 4. The quantitative estimate of drug-likeness (QED) is 0.489. The van der Waals surface area contributed by atoms with Gasteiger partial charge in [0.15, 0.2) is 5.96 Å². The van der Waals surface area contributed by atoms with Crippen LogP contribution >= 0.6 is 0 Å². The van der Waals surface area contributed by atoms with Crippen LogP contribution in [-0.4, -0.2) is 54.5 Å². The third-order valence-corrected chi connectivity index (χ3v) is 4.75. The van der Waals surface area contributed by atoms with Crippen molar-refractivity contribution in [3.8, 4) is 0 Å². The van der Waals surface area contributed by atoms with Crippen LogP contribution in [0.25, 0.3) is 0 Å². The molecular formula is C16H32N4. The first-order chi connectivity index (χ1) is 9.77. The van der Waals surface area contributed by atoms with Gasteiger partial charge in [0.2, 0.25) is 0 Å². The van der Waals surface area contributed by atoms with Gasteiger partial charge in [-0.05, 0) is 45.6 Å². The van der Waals surface area contributed by atoms with Crippen molar-refractivity contribution in [3.05, 3.63) is 0 Å². The minimum absolute atomic E-state index is 0.760. The zero-order chi connectivity index (χ0) is 14.2. The largest absolute Gasteiger partial charge is 0.370 e. The molecule has 0 amide bonds. The Morgan fingerprint density at radius 3 is 2.45 bits per heavy atom. The molecule has 4 nitrogen and oxygen atoms in total. The van der Waals surface area contributed by atoms with Crippen molar-refractivity contribution < 1.29 is 0 Å². The van der Waals surface area contributed by atoms with Gasteiger partial charge in [-0.2, -0.15) is 0 Å². The number of hydrogen-bond donors (Lipinski definition) is 1. The molecule has 116 valence electrons. The first-order valence-electron chi connectivity index (χ1n) is 8.56. The van der Waals surface area contributed by atoms with E-state index in [-0.39, 0.29) is 0 Å². The van der Waals surface area contributed by atoms with Crippen LogP contribution in [0.5, 0.6) is 0 Å². The predicted molar refractivity (Wildman–Crippen MR) is 86.0 cm³/mol. The van der Waals surface area contributed by atoms with E-state index < -0.39 is 0 Å². The fraction of sp³-hybridized carbons (Fsp3) is 0.938. The maximum atomic E-state index is 6.13. The van der Waals surface area contributed by atoms with Crippen LogP contribution in [-0.2, 0) is 0 Å². The van der Waals surface area contributed by atoms with E-state index in [1.165, 1.54) is 58.0 Å². The molecule has 2 aliphatic heterocycles. The normalized spacial score (nSPS) is 26.6. The number of nitrogens with two attached hydrogens (primary N) is 1. The highest BCUT2D eigenvalue weighted by atomic mass is 15.2. The molecule has 0 saturated carbocycles. The van der Waals surface area contributed by atoms with Crippen molar-refractivity contribution in [1.29, 1.82) is 0 Å². The zero-order valence-corrected chi connectivity index (χ0v) is 13.2. The van der Waals surface area contributed by atoms with Crippen LogP contribution in [0.1, 0.15) is 58.3 Å². The van der Waals surface area contributed by atoms with Crippen molar-refractivity contribution in [3.63, 3.8) is 0 Å². The van der Waals surface area contributed by atoms with Gasteiger partial charge in [-0.25, -0.2) is 0 Å². The monoisotopic (exact) mass is 280 g/mol. The number of hydrogen-bond acceptors (Lipinski definition) is 2. The van der Waals surface area contributed by atoms with Gasteiger partial charge in [-0.1, -0.05) is 19.3 Å². The molecule has 0 aliphatic carbocycles. The molecular weight excluding hydrogens is 248 g/mol. The summed E-state index contributed by atoms with van der Waals surface area (Å²) in [5.41, 5.74) is 6.13. The van der Waals surface area contributed by atoms with Gasteiger partial charge in [0, 0.05) is 32.2 Å². The number of likely N-dealkylation sites (tertiary alicyclic amines) is 2. The fourth-order valence-electron chi connectivity index (χ4n) is 3.36. The highest BCUT2D eigenvalue weighted by Gasteiger charge is 2.17. The molecule has 0 aromatic heterocycles. The summed E-state index contributed by atoms with van der Waals surface area (Å²) in [6.07, 6.45) is 10.5. The summed E-state index contributed by atoms with van der Waals surface area (Å²) < 4.78 is 0. The van der Waals surface area contributed by atoms with E-state index in [1.54, 1.807) is 0 Å². The molecule has 2 rings (SSSR count). The third kappa shape index (κ3) is 4.97. The van der Waals surface area contributed by atoms with E-state index in [9.17, 15) is 0 Å². The first kappa shape index (κ1) is 15.6. The second-order valence-electron chi connectivity index (χ2n) is 6.38. The van der Waals surface area contributed by atoms with Crippen LogP contribution in [0.3, 0.4) is 0 Å². The molecule has 2 N–H and O–H groups in total. The van der Waals surface area contributed by atoms with E-state index in [2.05, 4.69) is 21.7 Å². The second kappa shape index (κ2) is 8.50. The van der Waals surface area contributed by atoms with Gasteiger partial charge in [-0.15, -0.1) is 0 Å². The molecule has 0 radical (unpaired) electrons. The number of aliphatic imine (C=N–C) groups is 1. The molecule has 2 heterocycles. The van der Waals surface area contributed by atoms with Gasteiger partial charge in [0.25, 0.3) is 0 Å². The Labute approximate surface area is 124 Å². The van der Waals surface area contributed by atoms with Crippen molar-refractivity contribution in [2.75, 3.05) is 32.7 Å². The molecule has 2 aliphatic rings. The predicted octanol–water partition coefficient (Wildman–Crippen LogP) is 2.44. The molecule has 0 aromatic rings. The molecule has 1 atom stereocenters. The van der Waals surface area contributed by atoms with E-state index in [1.807, 2.05) is 0 Å². The van der Waals surface area contributed by atoms with Gasteiger partial charge in [0.1, 0.15) is 0 Å². The standard InChI is InChI=1S/C16H32N4/c1-15-9-4-7-11-19(15)14-8-10-18-16(17)20-12-5-2-3-6-13-20/h15H,2-14H2,1H3,(H2,17,18). The highest BCUT2D eigenvalue weighted by molar-refractivity contribution is 5.78. The minimum atomic E-state index is 0.760. The van der Waals surface area contributed by atoms with Crippen molar-refractivity contribution in [2.24, 2.45) is 10.7 Å². The SMILES string of the molecule is CC1CCCCN1CCCN=C(N)N1CCCCCC1. The number of piperidine rings is 1. The number of nitrogens with zero attached hydrogens (tertiary/aromatic N) is 3. The Balaban J connectivity index is 1.66. The Kier molecular flexibility index (Phi) is 6.64. The summed E-state index contributed by atoms with van der Waals surface area (Å²) >= 11 is 0. The lowest BCUT2D eigenvalue weighted by molar-refractivity contribution is 0.160. The third-order valence-electron chi connectivity index (χ3n) is 4.75. The highest BCUT2D eigenvalue weighted by Crippen LogP contribution is 2.16. The molecule has 2 fully saturated rings. The minimum Gasteiger partial charge on any atom is -0.370 e. The zero-order valence-electron chi connectivity index (χ0n) is 13.2. The van der Waals surface area contributed by atoms with Gasteiger partial charge >= 0.3 is 0 Å². The first-order valence-corrected chi connectivity index (χ1v) is 8.56. The van der Waals surface area contributed by atoms with Gasteiger partial charge in [-0.3, -0.25) is 4.99 Å². The van der Waals surface area contributed by atoms with Crippen LogP contribution < -0.4 is 5.73 Å². The van der Waals surface area contributed by atoms with Crippen LogP contribution in [0, 0.1) is 0 Å². The lowest BCUT2D eigenvalue weighted by Crippen LogP contribution is -2.39. The summed E-state index contributed by atoms with van der Waals surface area (Å²) in [7, 11) is 0. The Morgan fingerprint density at radius 1 is 1.05 bits per heavy atom. The van der Waals surface area contributed by atoms with E-state index in [4.69, 9.17) is 5.73 Å². The summed E-state index contributed by atoms with van der Waals surface area (Å²) in [4.78, 5) is 9.48. The summed E-state index contributed by atoms with van der Waals surface area (Å²) in [5.74, 6) is 0.776. The number of guanidine groups is 1. The maximum Gasteiger partial charge on any atom is 0.191 e. The lowest BCUT2D eigenvalue weighted by atomic mass is 10.0. The van der Waals surface area contributed by atoms with Gasteiger partial charge in [0.05, 0.1) is 0 Å². The summed E-state index contributed by atoms with van der Waals surface area (Å²) in [6, 6.07) is 0.760. The van der Waals surface area contributed by atoms with Gasteiger partial charge < -0.3 is 15.5 Å². The van der Waals surface area contributed by atoms with Crippen molar-refractivity contribution in [1.82, 2.24) is 9.80 Å². The Morgan fingerprint density at radius 2 is 1.75 bits per heavy atom. The molecule has 1 unspecified atom stereocenters. The lowest BCUT2D eigenvalue weighted by Gasteiger charge is -2.33. The topological polar surface area (TPSA) is 44.9 Å². The summed E-state index contributed by atoms with van der Waals surface area (Å²) in [6.45, 7) is 7.88. The molecule has 0 aromatic carbocycles. The van der Waals surface area contributed by atoms with Crippen LogP contribution in [0.4, 0.5) is 0 Å². The van der Waals surface area contributed by atoms with E-state index in [0.717, 1.165) is 38.1 Å². The molecule has 20 heavy (non-hydrogen) atoms. The Hall–Kier alpha value is -0.770. The van der Waals surface area contributed by atoms with E-state index >= 15 is 0 Å². The maximum absolute atomic E-state index is 6.13. The second-order valence-corrected chi connectivity index (χ2v) is 6.38. The average Bonchev–Trinajstić information content (AvgIpc) is 2.74. The smallest absolute Gasteiger partial charge is 0.191 e. The Bertz CT molecular complexity index is 295. The molecule has 2 saturated heterocycles. The average molecular weight is 280 g/mol. The van der Waals surface area contributed by atoms with E-state index in [0.29, 0.717) is 0 Å². The molecule has 0 spiro atoms. The summed E-state index contributed by atoms with van der Waals surface area (Å²) in [5, 5.41) is 0. The molecule has 4 heteroatoms. The van der Waals surface area contributed by atoms with Crippen LogP contribution in [0.2, 0.25) is 0 Å². The van der Waals surface area contributed by atoms with Crippen LogP contribution in [0.15, 0.2) is 4.99 Å². The fourth-order valence-corrected chi connectivity index (χ4v) is 3.36.